The molecule has 0 radical (unpaired) electrons. The van der Waals surface area contributed by atoms with E-state index < -0.39 is 0 Å². The lowest BCUT2D eigenvalue weighted by molar-refractivity contribution is 1.00. The summed E-state index contributed by atoms with van der Waals surface area (Å²) in [4.78, 5) is 6.95. The molecule has 0 aliphatic heterocycles. The third-order valence-electron chi connectivity index (χ3n) is 5.97. The number of hydrogen-bond acceptors (Lipinski definition) is 0. The van der Waals surface area contributed by atoms with E-state index in [2.05, 4.69) is 113 Å². The second-order valence-electron chi connectivity index (χ2n) is 7.62. The molecule has 2 N–H and O–H groups in total. The van der Waals surface area contributed by atoms with Crippen LogP contribution in [0.5, 0.6) is 0 Å². The maximum Gasteiger partial charge on any atom is 0.0457 e. The molecule has 2 heterocycles. The molecule has 0 spiro atoms. The van der Waals surface area contributed by atoms with Crippen LogP contribution in [-0.4, -0.2) is 9.97 Å². The topological polar surface area (TPSA) is 31.6 Å². The van der Waals surface area contributed by atoms with E-state index in [0.717, 1.165) is 0 Å². The predicted molar refractivity (Wildman–Crippen MR) is 121 cm³/mol. The SMILES string of the molecule is c1ccc2cc(C(c3c[nH]c4ccccc34)c3c[nH]c4ccccc34)ccc2c1. The fraction of sp³-hybridized carbons (Fsp3) is 0.0370. The number of fused-ring (bicyclic) bond motifs is 3. The highest BCUT2D eigenvalue weighted by atomic mass is 14.7. The van der Waals surface area contributed by atoms with Crippen molar-refractivity contribution in [3.8, 4) is 0 Å². The maximum absolute atomic E-state index is 3.48. The predicted octanol–water partition coefficient (Wildman–Crippen LogP) is 6.98. The summed E-state index contributed by atoms with van der Waals surface area (Å²) in [6.07, 6.45) is 4.35. The lowest BCUT2D eigenvalue weighted by atomic mass is 9.84. The Hall–Kier alpha value is -3.78. The molecular weight excluding hydrogens is 352 g/mol. The summed E-state index contributed by atoms with van der Waals surface area (Å²) in [6.45, 7) is 0. The van der Waals surface area contributed by atoms with Gasteiger partial charge < -0.3 is 9.97 Å². The Balaban J connectivity index is 1.65. The first-order valence-corrected chi connectivity index (χ1v) is 9.99. The van der Waals surface area contributed by atoms with Crippen molar-refractivity contribution in [2.45, 2.75) is 5.92 Å². The molecular formula is C27H20N2. The molecule has 0 bridgehead atoms. The van der Waals surface area contributed by atoms with Gasteiger partial charge in [0.05, 0.1) is 0 Å². The first kappa shape index (κ1) is 16.2. The molecule has 0 fully saturated rings. The van der Waals surface area contributed by atoms with E-state index in [1.165, 1.54) is 49.3 Å². The average Bonchev–Trinajstić information content (AvgIpc) is 3.39. The molecule has 0 atom stereocenters. The van der Waals surface area contributed by atoms with Crippen molar-refractivity contribution in [1.82, 2.24) is 9.97 Å². The standard InChI is InChI=1S/C27H20N2/c1-2-8-19-15-20(14-13-18(19)7-1)27(23-16-28-25-11-5-3-9-21(23)25)24-17-29-26-12-6-4-10-22(24)26/h1-17,27-29H. The van der Waals surface area contributed by atoms with Crippen LogP contribution >= 0.6 is 0 Å². The minimum absolute atomic E-state index is 0.145. The summed E-state index contributed by atoms with van der Waals surface area (Å²) in [5.74, 6) is 0.145. The lowest BCUT2D eigenvalue weighted by Crippen LogP contribution is -2.02. The van der Waals surface area contributed by atoms with Crippen LogP contribution < -0.4 is 0 Å². The van der Waals surface area contributed by atoms with E-state index >= 15 is 0 Å². The zero-order chi connectivity index (χ0) is 19.2. The quantitative estimate of drug-likeness (QED) is 0.336. The molecule has 6 rings (SSSR count). The van der Waals surface area contributed by atoms with Crippen LogP contribution in [0.1, 0.15) is 22.6 Å². The fourth-order valence-corrected chi connectivity index (χ4v) is 4.58. The van der Waals surface area contributed by atoms with Crippen molar-refractivity contribution >= 4 is 32.6 Å². The van der Waals surface area contributed by atoms with Crippen molar-refractivity contribution in [2.75, 3.05) is 0 Å². The first-order chi connectivity index (χ1) is 14.4. The number of H-pyrrole nitrogens is 2. The molecule has 6 aromatic rings. The summed E-state index contributed by atoms with van der Waals surface area (Å²) in [6, 6.07) is 32.5. The number of aromatic nitrogens is 2. The molecule has 0 saturated carbocycles. The highest BCUT2D eigenvalue weighted by molar-refractivity contribution is 5.90. The number of rotatable bonds is 3. The third kappa shape index (κ3) is 2.57. The van der Waals surface area contributed by atoms with E-state index in [9.17, 15) is 0 Å². The lowest BCUT2D eigenvalue weighted by Gasteiger charge is -2.18. The molecule has 0 saturated heterocycles. The van der Waals surface area contributed by atoms with Crippen molar-refractivity contribution in [1.29, 1.82) is 0 Å². The van der Waals surface area contributed by atoms with E-state index in [4.69, 9.17) is 0 Å². The summed E-state index contributed by atoms with van der Waals surface area (Å²) < 4.78 is 0. The second kappa shape index (κ2) is 6.39. The van der Waals surface area contributed by atoms with Crippen LogP contribution in [0.15, 0.2) is 103 Å². The van der Waals surface area contributed by atoms with Gasteiger partial charge in [-0.3, -0.25) is 0 Å². The van der Waals surface area contributed by atoms with E-state index in [-0.39, 0.29) is 5.92 Å². The van der Waals surface area contributed by atoms with Gasteiger partial charge in [0.15, 0.2) is 0 Å². The Labute approximate surface area is 168 Å². The van der Waals surface area contributed by atoms with Gasteiger partial charge in [-0.15, -0.1) is 0 Å². The molecule has 0 aliphatic rings. The Kier molecular flexibility index (Phi) is 3.57. The highest BCUT2D eigenvalue weighted by Crippen LogP contribution is 2.40. The zero-order valence-corrected chi connectivity index (χ0v) is 15.9. The van der Waals surface area contributed by atoms with E-state index in [1.807, 2.05) is 0 Å². The Morgan fingerprint density at radius 1 is 0.517 bits per heavy atom. The zero-order valence-electron chi connectivity index (χ0n) is 15.9. The third-order valence-corrected chi connectivity index (χ3v) is 5.97. The van der Waals surface area contributed by atoms with Crippen LogP contribution in [0.25, 0.3) is 32.6 Å². The molecule has 2 heteroatoms. The van der Waals surface area contributed by atoms with Crippen LogP contribution in [-0.2, 0) is 0 Å². The molecule has 0 amide bonds. The highest BCUT2D eigenvalue weighted by Gasteiger charge is 2.23. The Bertz CT molecular complexity index is 1390. The minimum Gasteiger partial charge on any atom is -0.361 e. The van der Waals surface area contributed by atoms with Gasteiger partial charge in [-0.05, 0) is 39.6 Å². The molecule has 29 heavy (non-hydrogen) atoms. The molecule has 2 aromatic heterocycles. The van der Waals surface area contributed by atoms with Crippen molar-refractivity contribution in [3.63, 3.8) is 0 Å². The molecule has 138 valence electrons. The van der Waals surface area contributed by atoms with Gasteiger partial charge in [0, 0.05) is 40.1 Å². The van der Waals surface area contributed by atoms with E-state index in [1.54, 1.807) is 0 Å². The number of aromatic amines is 2. The van der Waals surface area contributed by atoms with E-state index in [0.29, 0.717) is 0 Å². The summed E-state index contributed by atoms with van der Waals surface area (Å²) >= 11 is 0. The maximum atomic E-state index is 3.48. The van der Waals surface area contributed by atoms with Crippen LogP contribution in [0.4, 0.5) is 0 Å². The minimum atomic E-state index is 0.145. The smallest absolute Gasteiger partial charge is 0.0457 e. The van der Waals surface area contributed by atoms with Gasteiger partial charge in [0.2, 0.25) is 0 Å². The van der Waals surface area contributed by atoms with Gasteiger partial charge in [-0.1, -0.05) is 78.9 Å². The number of benzene rings is 4. The average molecular weight is 372 g/mol. The Morgan fingerprint density at radius 3 is 1.72 bits per heavy atom. The van der Waals surface area contributed by atoms with Crippen molar-refractivity contribution in [3.05, 3.63) is 120 Å². The van der Waals surface area contributed by atoms with Gasteiger partial charge in [-0.2, -0.15) is 0 Å². The first-order valence-electron chi connectivity index (χ1n) is 9.99. The van der Waals surface area contributed by atoms with Crippen LogP contribution in [0, 0.1) is 0 Å². The van der Waals surface area contributed by atoms with Gasteiger partial charge >= 0.3 is 0 Å². The van der Waals surface area contributed by atoms with Gasteiger partial charge in [-0.25, -0.2) is 0 Å². The number of hydrogen-bond donors (Lipinski definition) is 2. The molecule has 2 nitrogen and oxygen atoms in total. The fourth-order valence-electron chi connectivity index (χ4n) is 4.58. The number of para-hydroxylation sites is 2. The molecule has 4 aromatic carbocycles. The normalized spacial score (nSPS) is 11.8. The van der Waals surface area contributed by atoms with Crippen molar-refractivity contribution in [2.24, 2.45) is 0 Å². The van der Waals surface area contributed by atoms with Gasteiger partial charge in [0.25, 0.3) is 0 Å². The summed E-state index contributed by atoms with van der Waals surface area (Å²) in [5, 5.41) is 5.09. The number of nitrogens with one attached hydrogen (secondary N) is 2. The largest absolute Gasteiger partial charge is 0.361 e. The van der Waals surface area contributed by atoms with Crippen LogP contribution in [0.2, 0.25) is 0 Å². The summed E-state index contributed by atoms with van der Waals surface area (Å²) in [7, 11) is 0. The monoisotopic (exact) mass is 372 g/mol. The summed E-state index contributed by atoms with van der Waals surface area (Å²) in [5.41, 5.74) is 6.26. The van der Waals surface area contributed by atoms with Crippen LogP contribution in [0.3, 0.4) is 0 Å². The molecule has 0 unspecified atom stereocenters. The van der Waals surface area contributed by atoms with Gasteiger partial charge in [0.1, 0.15) is 0 Å². The second-order valence-corrected chi connectivity index (χ2v) is 7.62. The van der Waals surface area contributed by atoms with Crippen molar-refractivity contribution < 1.29 is 0 Å². The Morgan fingerprint density at radius 2 is 1.07 bits per heavy atom. The molecule has 0 aliphatic carbocycles.